The fourth-order valence-electron chi connectivity index (χ4n) is 2.62. The van der Waals surface area contributed by atoms with Crippen molar-refractivity contribution in [3.8, 4) is 17.0 Å². The third-order valence-electron chi connectivity index (χ3n) is 4.22. The van der Waals surface area contributed by atoms with E-state index in [9.17, 15) is 14.0 Å². The molecule has 0 radical (unpaired) electrons. The molecule has 0 aliphatic rings. The number of halogens is 3. The van der Waals surface area contributed by atoms with Gasteiger partial charge in [-0.3, -0.25) is 10.1 Å². The molecule has 10 heteroatoms. The predicted molar refractivity (Wildman–Crippen MR) is 120 cm³/mol. The maximum Gasteiger partial charge on any atom is 0.331 e. The van der Waals surface area contributed by atoms with Gasteiger partial charge < -0.3 is 9.84 Å². The van der Waals surface area contributed by atoms with Crippen LogP contribution in [0.4, 0.5) is 9.52 Å². The Kier molecular flexibility index (Phi) is 6.94. The fraction of sp³-hybridized carbons (Fsp3) is 0.0952. The van der Waals surface area contributed by atoms with Crippen LogP contribution in [0.15, 0.2) is 41.3 Å². The molecule has 0 unspecified atom stereocenters. The van der Waals surface area contributed by atoms with Crippen LogP contribution in [0.3, 0.4) is 0 Å². The zero-order chi connectivity index (χ0) is 22.7. The number of aromatic nitrogens is 1. The van der Waals surface area contributed by atoms with Gasteiger partial charge >= 0.3 is 5.97 Å². The molecule has 0 bridgehead atoms. The van der Waals surface area contributed by atoms with Crippen molar-refractivity contribution < 1.29 is 23.8 Å². The smallest absolute Gasteiger partial charge is 0.331 e. The molecule has 0 spiro atoms. The first kappa shape index (κ1) is 22.7. The van der Waals surface area contributed by atoms with Gasteiger partial charge in [-0.05, 0) is 37.3 Å². The molecule has 0 saturated carbocycles. The van der Waals surface area contributed by atoms with Crippen LogP contribution in [0.25, 0.3) is 17.3 Å². The number of thiazole rings is 1. The average molecular weight is 481 g/mol. The van der Waals surface area contributed by atoms with E-state index in [1.54, 1.807) is 17.5 Å². The minimum atomic E-state index is -1.11. The molecule has 0 fully saturated rings. The van der Waals surface area contributed by atoms with Gasteiger partial charge in [-0.25, -0.2) is 14.2 Å². The lowest BCUT2D eigenvalue weighted by atomic mass is 10.1. The van der Waals surface area contributed by atoms with E-state index in [4.69, 9.17) is 33.0 Å². The Hall–Kier alpha value is -2.94. The Morgan fingerprint density at radius 3 is 2.55 bits per heavy atom. The van der Waals surface area contributed by atoms with E-state index in [1.807, 2.05) is 0 Å². The molecule has 2 aromatic carbocycles. The van der Waals surface area contributed by atoms with Crippen molar-refractivity contribution in [3.05, 3.63) is 68.3 Å². The van der Waals surface area contributed by atoms with E-state index in [0.717, 1.165) is 11.3 Å². The van der Waals surface area contributed by atoms with E-state index in [-0.39, 0.29) is 37.6 Å². The van der Waals surface area contributed by atoms with Crippen LogP contribution in [-0.4, -0.2) is 29.1 Å². The van der Waals surface area contributed by atoms with Gasteiger partial charge in [0, 0.05) is 27.6 Å². The summed E-state index contributed by atoms with van der Waals surface area (Å²) in [6.45, 7) is 1.40. The molecule has 1 aromatic heterocycles. The first-order valence-corrected chi connectivity index (χ1v) is 10.3. The zero-order valence-corrected chi connectivity index (χ0v) is 18.5. The van der Waals surface area contributed by atoms with Crippen LogP contribution >= 0.6 is 34.5 Å². The van der Waals surface area contributed by atoms with Gasteiger partial charge in [-0.1, -0.05) is 29.3 Å². The number of carbonyl (C=O) groups excluding carboxylic acids is 1. The second kappa shape index (κ2) is 9.47. The summed E-state index contributed by atoms with van der Waals surface area (Å²) >= 11 is 13.5. The number of nitrogens with one attached hydrogen (secondary N) is 1. The van der Waals surface area contributed by atoms with Gasteiger partial charge in [0.1, 0.15) is 0 Å². The second-order valence-electron chi connectivity index (χ2n) is 6.30. The molecule has 3 rings (SSSR count). The Morgan fingerprint density at radius 2 is 1.94 bits per heavy atom. The second-order valence-corrected chi connectivity index (χ2v) is 7.97. The Morgan fingerprint density at radius 1 is 1.26 bits per heavy atom. The van der Waals surface area contributed by atoms with Gasteiger partial charge in [0.15, 0.2) is 16.7 Å². The van der Waals surface area contributed by atoms with Crippen LogP contribution in [0.1, 0.15) is 22.8 Å². The van der Waals surface area contributed by atoms with Crippen molar-refractivity contribution in [2.45, 2.75) is 6.92 Å². The van der Waals surface area contributed by atoms with Crippen LogP contribution in [0.5, 0.6) is 5.75 Å². The molecule has 1 amide bonds. The summed E-state index contributed by atoms with van der Waals surface area (Å²) in [6, 6.07) is 7.45. The van der Waals surface area contributed by atoms with Crippen molar-refractivity contribution in [3.63, 3.8) is 0 Å². The summed E-state index contributed by atoms with van der Waals surface area (Å²) in [7, 11) is 1.37. The topological polar surface area (TPSA) is 88.5 Å². The van der Waals surface area contributed by atoms with E-state index in [0.29, 0.717) is 11.3 Å². The summed E-state index contributed by atoms with van der Waals surface area (Å²) in [5.41, 5.74) is 1.08. The minimum absolute atomic E-state index is 0.0427. The third-order valence-corrected chi connectivity index (χ3v) is 5.61. The molecule has 2 N–H and O–H groups in total. The van der Waals surface area contributed by atoms with E-state index in [1.165, 1.54) is 38.3 Å². The summed E-state index contributed by atoms with van der Waals surface area (Å²) in [6.07, 6.45) is 1.32. The lowest BCUT2D eigenvalue weighted by Gasteiger charge is -2.08. The third kappa shape index (κ3) is 5.04. The summed E-state index contributed by atoms with van der Waals surface area (Å²) in [5.74, 6) is -2.10. The van der Waals surface area contributed by atoms with Gasteiger partial charge in [0.25, 0.3) is 5.91 Å². The number of benzene rings is 2. The number of nitrogens with zero attached hydrogens (tertiary/aromatic N) is 1. The minimum Gasteiger partial charge on any atom is -0.494 e. The summed E-state index contributed by atoms with van der Waals surface area (Å²) in [4.78, 5) is 27.9. The van der Waals surface area contributed by atoms with Crippen molar-refractivity contribution in [2.75, 3.05) is 12.4 Å². The van der Waals surface area contributed by atoms with Crippen LogP contribution in [0, 0.1) is 5.82 Å². The van der Waals surface area contributed by atoms with Crippen molar-refractivity contribution >= 4 is 57.6 Å². The molecular weight excluding hydrogens is 466 g/mol. The van der Waals surface area contributed by atoms with Crippen LogP contribution in [-0.2, 0) is 4.79 Å². The Labute approximate surface area is 190 Å². The van der Waals surface area contributed by atoms with Crippen molar-refractivity contribution in [1.29, 1.82) is 0 Å². The predicted octanol–water partition coefficient (Wildman–Crippen LogP) is 6.00. The number of methoxy groups -OCH3 is 1. The molecule has 0 saturated heterocycles. The van der Waals surface area contributed by atoms with Crippen molar-refractivity contribution in [2.24, 2.45) is 0 Å². The first-order valence-electron chi connectivity index (χ1n) is 8.71. The lowest BCUT2D eigenvalue weighted by molar-refractivity contribution is -0.132. The fourth-order valence-corrected chi connectivity index (χ4v) is 3.92. The zero-order valence-electron chi connectivity index (χ0n) is 16.2. The highest BCUT2D eigenvalue weighted by molar-refractivity contribution is 7.14. The maximum absolute atomic E-state index is 14.4. The highest BCUT2D eigenvalue weighted by Gasteiger charge is 2.17. The number of aliphatic carboxylic acids is 1. The average Bonchev–Trinajstić information content (AvgIpc) is 3.18. The molecular formula is C21H15Cl2FN2O4S. The molecule has 1 heterocycles. The number of carboxylic acid groups (broad SMARTS) is 1. The largest absolute Gasteiger partial charge is 0.494 e. The number of anilines is 1. The highest BCUT2D eigenvalue weighted by atomic mass is 35.5. The molecule has 160 valence electrons. The maximum atomic E-state index is 14.4. The number of carbonyl (C=O) groups is 2. The van der Waals surface area contributed by atoms with E-state index in [2.05, 4.69) is 10.3 Å². The lowest BCUT2D eigenvalue weighted by Crippen LogP contribution is -2.12. The van der Waals surface area contributed by atoms with Gasteiger partial charge in [0.2, 0.25) is 0 Å². The highest BCUT2D eigenvalue weighted by Crippen LogP contribution is 2.32. The Balaban J connectivity index is 1.83. The number of ether oxygens (including phenoxy) is 1. The standard InChI is InChI=1S/C21H15Cl2FN2O4S/c1-10(20(28)29)6-13-14(22)7-11(8-15(13)23)19(27)26-21-25-16(9-31-21)12-4-3-5-17(30-2)18(12)24/h3-9H,1-2H3,(H,28,29)(H,25,26,27). The van der Waals surface area contributed by atoms with Crippen LogP contribution < -0.4 is 10.1 Å². The number of carboxylic acids is 1. The number of hydrogen-bond acceptors (Lipinski definition) is 5. The molecule has 0 aliphatic carbocycles. The molecule has 3 aromatic rings. The Bertz CT molecular complexity index is 1190. The number of rotatable bonds is 6. The van der Waals surface area contributed by atoms with Crippen LogP contribution in [0.2, 0.25) is 10.0 Å². The quantitative estimate of drug-likeness (QED) is 0.422. The van der Waals surface area contributed by atoms with Crippen molar-refractivity contribution in [1.82, 2.24) is 4.98 Å². The van der Waals surface area contributed by atoms with Gasteiger partial charge in [-0.15, -0.1) is 11.3 Å². The summed E-state index contributed by atoms with van der Waals surface area (Å²) < 4.78 is 19.4. The SMILES string of the molecule is COc1cccc(-c2csc(NC(=O)c3cc(Cl)c(C=C(C)C(=O)O)c(Cl)c3)n2)c1F. The molecule has 0 atom stereocenters. The monoisotopic (exact) mass is 480 g/mol. The number of hydrogen-bond donors (Lipinski definition) is 2. The normalized spacial score (nSPS) is 11.3. The van der Waals surface area contributed by atoms with E-state index < -0.39 is 17.7 Å². The van der Waals surface area contributed by atoms with E-state index >= 15 is 0 Å². The molecule has 31 heavy (non-hydrogen) atoms. The first-order chi connectivity index (χ1) is 14.7. The van der Waals surface area contributed by atoms with Gasteiger partial charge in [-0.2, -0.15) is 0 Å². The summed E-state index contributed by atoms with van der Waals surface area (Å²) in [5, 5.41) is 13.7. The molecule has 6 nitrogen and oxygen atoms in total. The van der Waals surface area contributed by atoms with Gasteiger partial charge in [0.05, 0.1) is 22.8 Å². The number of amides is 1. The molecule has 0 aliphatic heterocycles.